The van der Waals surface area contributed by atoms with Crippen LogP contribution in [0, 0.1) is 6.92 Å². The summed E-state index contributed by atoms with van der Waals surface area (Å²) >= 11 is 0. The molecule has 0 radical (unpaired) electrons. The Kier molecular flexibility index (Phi) is 4.76. The van der Waals surface area contributed by atoms with Gasteiger partial charge in [0.05, 0.1) is 12.6 Å². The lowest BCUT2D eigenvalue weighted by Crippen LogP contribution is -2.60. The van der Waals surface area contributed by atoms with Gasteiger partial charge in [-0.15, -0.1) is 0 Å². The average molecular weight is 356 g/mol. The minimum atomic E-state index is -0.257. The first kappa shape index (κ1) is 18.0. The molecule has 0 saturated carbocycles. The number of benzene rings is 1. The average Bonchev–Trinajstić information content (AvgIpc) is 2.59. The summed E-state index contributed by atoms with van der Waals surface area (Å²) in [6, 6.07) is 10.6. The van der Waals surface area contributed by atoms with Crippen LogP contribution in [0.1, 0.15) is 30.2 Å². The molecular weight excluding hydrogens is 332 g/mol. The van der Waals surface area contributed by atoms with Crippen molar-refractivity contribution in [1.29, 1.82) is 0 Å². The van der Waals surface area contributed by atoms with Gasteiger partial charge in [-0.25, -0.2) is 0 Å². The van der Waals surface area contributed by atoms with Crippen LogP contribution in [0.15, 0.2) is 45.6 Å². The summed E-state index contributed by atoms with van der Waals surface area (Å²) < 4.78 is 10.7. The van der Waals surface area contributed by atoms with Crippen LogP contribution in [0.3, 0.4) is 0 Å². The first-order valence-corrected chi connectivity index (χ1v) is 8.63. The van der Waals surface area contributed by atoms with Gasteiger partial charge in [-0.3, -0.25) is 9.59 Å². The van der Waals surface area contributed by atoms with Gasteiger partial charge >= 0.3 is 0 Å². The largest absolute Gasteiger partial charge is 0.497 e. The van der Waals surface area contributed by atoms with E-state index in [0.29, 0.717) is 25.4 Å². The van der Waals surface area contributed by atoms with E-state index in [-0.39, 0.29) is 22.6 Å². The third-order valence-corrected chi connectivity index (χ3v) is 4.67. The monoisotopic (exact) mass is 356 g/mol. The van der Waals surface area contributed by atoms with Gasteiger partial charge in [-0.1, -0.05) is 0 Å². The van der Waals surface area contributed by atoms with E-state index in [4.69, 9.17) is 9.15 Å². The zero-order valence-electron chi connectivity index (χ0n) is 15.6. The number of carbonyl (C=O) groups excluding carboxylic acids is 1. The van der Waals surface area contributed by atoms with Gasteiger partial charge in [0.2, 0.25) is 0 Å². The minimum absolute atomic E-state index is 0.101. The Balaban J connectivity index is 1.79. The fraction of sp³-hybridized carbons (Fsp3) is 0.400. The Morgan fingerprint density at radius 3 is 2.42 bits per heavy atom. The van der Waals surface area contributed by atoms with Gasteiger partial charge in [0.1, 0.15) is 11.5 Å². The van der Waals surface area contributed by atoms with Crippen LogP contribution in [0.4, 0.5) is 5.69 Å². The molecule has 6 nitrogen and oxygen atoms in total. The molecule has 6 heteroatoms. The Hall–Kier alpha value is -2.76. The molecule has 1 aliphatic heterocycles. The van der Waals surface area contributed by atoms with E-state index >= 15 is 0 Å². The fourth-order valence-corrected chi connectivity index (χ4v) is 3.43. The standard InChI is InChI=1S/C20H24N2O4/c1-14-11-16(23)12-18(26-14)19(24)21-9-10-22(20(2,3)13-21)15-5-7-17(25-4)8-6-15/h5-8,11-12H,9-10,13H2,1-4H3. The molecule has 0 aliphatic carbocycles. The molecule has 2 aromatic rings. The molecule has 0 N–H and O–H groups in total. The number of rotatable bonds is 3. The molecule has 1 saturated heterocycles. The number of nitrogens with zero attached hydrogens (tertiary/aromatic N) is 2. The maximum Gasteiger partial charge on any atom is 0.289 e. The van der Waals surface area contributed by atoms with Crippen molar-refractivity contribution in [2.24, 2.45) is 0 Å². The van der Waals surface area contributed by atoms with Crippen molar-refractivity contribution in [3.05, 3.63) is 58.1 Å². The molecule has 0 bridgehead atoms. The van der Waals surface area contributed by atoms with E-state index in [1.807, 2.05) is 24.3 Å². The number of hydrogen-bond acceptors (Lipinski definition) is 5. The zero-order chi connectivity index (χ0) is 18.9. The van der Waals surface area contributed by atoms with Gasteiger partial charge in [0, 0.05) is 37.5 Å². The molecule has 1 aliphatic rings. The Labute approximate surface area is 153 Å². The summed E-state index contributed by atoms with van der Waals surface area (Å²) in [4.78, 5) is 28.5. The molecule has 138 valence electrons. The number of carbonyl (C=O) groups is 1. The predicted octanol–water partition coefficient (Wildman–Crippen LogP) is 2.70. The quantitative estimate of drug-likeness (QED) is 0.846. The lowest BCUT2D eigenvalue weighted by Gasteiger charge is -2.48. The molecule has 1 aromatic heterocycles. The van der Waals surface area contributed by atoms with Crippen LogP contribution in [0.2, 0.25) is 0 Å². The number of methoxy groups -OCH3 is 1. The SMILES string of the molecule is COc1ccc(N2CCN(C(=O)c3cc(=O)cc(C)o3)CC2(C)C)cc1. The maximum absolute atomic E-state index is 12.8. The van der Waals surface area contributed by atoms with Crippen molar-refractivity contribution in [2.75, 3.05) is 31.6 Å². The molecule has 26 heavy (non-hydrogen) atoms. The molecule has 0 unspecified atom stereocenters. The van der Waals surface area contributed by atoms with Crippen LogP contribution >= 0.6 is 0 Å². The predicted molar refractivity (Wildman–Crippen MR) is 100 cm³/mol. The summed E-state index contributed by atoms with van der Waals surface area (Å²) in [5.74, 6) is 1.11. The van der Waals surface area contributed by atoms with Crippen molar-refractivity contribution in [1.82, 2.24) is 4.90 Å². The molecular formula is C20H24N2O4. The summed E-state index contributed by atoms with van der Waals surface area (Å²) in [5.41, 5.74) is 0.616. The molecule has 1 fully saturated rings. The van der Waals surface area contributed by atoms with Crippen LogP contribution in [-0.2, 0) is 0 Å². The smallest absolute Gasteiger partial charge is 0.289 e. The molecule has 1 amide bonds. The molecule has 1 aromatic carbocycles. The highest BCUT2D eigenvalue weighted by molar-refractivity contribution is 5.91. The van der Waals surface area contributed by atoms with E-state index < -0.39 is 0 Å². The van der Waals surface area contributed by atoms with E-state index in [9.17, 15) is 9.59 Å². The summed E-state index contributed by atoms with van der Waals surface area (Å²) in [7, 11) is 1.65. The third kappa shape index (κ3) is 3.59. The second kappa shape index (κ2) is 6.86. The second-order valence-electron chi connectivity index (χ2n) is 7.16. The van der Waals surface area contributed by atoms with Crippen LogP contribution < -0.4 is 15.1 Å². The highest BCUT2D eigenvalue weighted by atomic mass is 16.5. The van der Waals surface area contributed by atoms with Gasteiger partial charge in [0.15, 0.2) is 11.2 Å². The molecule has 0 atom stereocenters. The maximum atomic E-state index is 12.8. The van der Waals surface area contributed by atoms with Crippen LogP contribution in [0.25, 0.3) is 0 Å². The minimum Gasteiger partial charge on any atom is -0.497 e. The highest BCUT2D eigenvalue weighted by Gasteiger charge is 2.36. The fourth-order valence-electron chi connectivity index (χ4n) is 3.43. The van der Waals surface area contributed by atoms with Crippen molar-refractivity contribution in [3.8, 4) is 5.75 Å². The summed E-state index contributed by atoms with van der Waals surface area (Å²) in [6.45, 7) is 7.67. The number of ether oxygens (including phenoxy) is 1. The van der Waals surface area contributed by atoms with E-state index in [2.05, 4.69) is 18.7 Å². The zero-order valence-corrected chi connectivity index (χ0v) is 15.6. The number of piperazine rings is 1. The van der Waals surface area contributed by atoms with Crippen LogP contribution in [0.5, 0.6) is 5.75 Å². The normalized spacial score (nSPS) is 16.5. The first-order chi connectivity index (χ1) is 12.3. The topological polar surface area (TPSA) is 63.0 Å². The summed E-state index contributed by atoms with van der Waals surface area (Å²) in [5, 5.41) is 0. The second-order valence-corrected chi connectivity index (χ2v) is 7.16. The Morgan fingerprint density at radius 1 is 1.15 bits per heavy atom. The molecule has 0 spiro atoms. The Bertz CT molecular complexity index is 855. The van der Waals surface area contributed by atoms with Gasteiger partial charge in [-0.2, -0.15) is 0 Å². The van der Waals surface area contributed by atoms with Crippen molar-refractivity contribution < 1.29 is 13.9 Å². The van der Waals surface area contributed by atoms with Gasteiger partial charge in [-0.05, 0) is 45.0 Å². The van der Waals surface area contributed by atoms with Crippen molar-refractivity contribution in [2.45, 2.75) is 26.3 Å². The highest BCUT2D eigenvalue weighted by Crippen LogP contribution is 2.29. The van der Waals surface area contributed by atoms with Gasteiger partial charge < -0.3 is 19.0 Å². The Morgan fingerprint density at radius 2 is 1.85 bits per heavy atom. The number of hydrogen-bond donors (Lipinski definition) is 0. The lowest BCUT2D eigenvalue weighted by atomic mass is 9.97. The lowest BCUT2D eigenvalue weighted by molar-refractivity contribution is 0.0649. The molecule has 2 heterocycles. The first-order valence-electron chi connectivity index (χ1n) is 8.63. The van der Waals surface area contributed by atoms with E-state index in [0.717, 1.165) is 11.4 Å². The van der Waals surface area contributed by atoms with E-state index in [1.54, 1.807) is 18.9 Å². The molecule has 3 rings (SSSR count). The van der Waals surface area contributed by atoms with Gasteiger partial charge in [0.25, 0.3) is 5.91 Å². The number of aryl methyl sites for hydroxylation is 1. The van der Waals surface area contributed by atoms with Crippen molar-refractivity contribution in [3.63, 3.8) is 0 Å². The third-order valence-electron chi connectivity index (χ3n) is 4.67. The van der Waals surface area contributed by atoms with Crippen LogP contribution in [-0.4, -0.2) is 43.1 Å². The number of amides is 1. The van der Waals surface area contributed by atoms with E-state index in [1.165, 1.54) is 12.1 Å². The number of anilines is 1. The summed E-state index contributed by atoms with van der Waals surface area (Å²) in [6.07, 6.45) is 0. The van der Waals surface area contributed by atoms with Crippen molar-refractivity contribution >= 4 is 11.6 Å².